The van der Waals surface area contributed by atoms with Crippen LogP contribution in [0.4, 0.5) is 11.4 Å². The summed E-state index contributed by atoms with van der Waals surface area (Å²) >= 11 is 0. The van der Waals surface area contributed by atoms with Gasteiger partial charge in [0.15, 0.2) is 17.3 Å². The molecule has 15 heteroatoms. The van der Waals surface area contributed by atoms with Crippen LogP contribution >= 0.6 is 0 Å². The molecule has 372 valence electrons. The Labute approximate surface area is 420 Å². The Bertz CT molecular complexity index is 3180. The molecule has 4 aliphatic carbocycles. The number of ketones is 3. The number of benzene rings is 6. The molecular formula is C58H52N2O13. The number of nitro benzene ring substituents is 2. The number of Topliss-reactive ketones (excluding diaryl/α,β-unsaturated/α-hetero) is 3. The minimum absolute atomic E-state index is 0.0964. The summed E-state index contributed by atoms with van der Waals surface area (Å²) in [4.78, 5) is 85.9. The second-order valence-corrected chi connectivity index (χ2v) is 19.6. The number of aliphatic hydroxyl groups is 2. The molecular weight excluding hydrogens is 933 g/mol. The largest absolute Gasteiger partial charge is 0.423 e. The van der Waals surface area contributed by atoms with Crippen molar-refractivity contribution in [1.82, 2.24) is 0 Å². The third-order valence-corrected chi connectivity index (χ3v) is 16.0. The molecule has 0 unspecified atom stereocenters. The summed E-state index contributed by atoms with van der Waals surface area (Å²) in [5, 5.41) is 44.6. The Kier molecular flexibility index (Phi) is 13.4. The first-order valence-corrected chi connectivity index (χ1v) is 24.3. The normalized spacial score (nSPS) is 24.8. The summed E-state index contributed by atoms with van der Waals surface area (Å²) < 4.78 is 11.0. The molecule has 2 saturated carbocycles. The molecule has 15 nitrogen and oxygen atoms in total. The summed E-state index contributed by atoms with van der Waals surface area (Å²) in [6, 6.07) is 38.8. The zero-order valence-electron chi connectivity index (χ0n) is 40.2. The number of carbonyl (C=O) groups excluding carboxylic acids is 5. The summed E-state index contributed by atoms with van der Waals surface area (Å²) in [7, 11) is 0. The van der Waals surface area contributed by atoms with Crippen LogP contribution in [0.1, 0.15) is 124 Å². The Morgan fingerprint density at radius 3 is 1.49 bits per heavy atom. The number of nitrogens with zero attached hydrogens (tertiary/aromatic N) is 2. The standard InChI is InChI=1S/C29H25NO7.C29H27NO6/c1-2-28-17-26(32)29(34,19-6-4-3-5-7-19)16-20(28)14-25(31)23-15-22(12-13-24(23)28)37-27(33)18-8-10-21(11-9-18)30(35)36;1-2-28-18-26(31)29(33,21-6-4-3-5-7-21)17-22(28)11-8-20-16-24(14-15-25(20)28)36-27(32)19-9-12-23(13-10-19)30(34)35/h3-13,15,20,34H,2,14,16-17H2,1H3;3-7,9-10,12-16,22,33H,2,8,11,17-18H2,1H3/t20-,28-,29-;22-,28-,29-/m11/s1. The molecule has 0 aliphatic heterocycles. The topological polar surface area (TPSA) is 231 Å². The first kappa shape index (κ1) is 50.0. The third kappa shape index (κ3) is 9.03. The molecule has 6 atom stereocenters. The van der Waals surface area contributed by atoms with Crippen LogP contribution in [0, 0.1) is 32.1 Å². The van der Waals surface area contributed by atoms with Gasteiger partial charge < -0.3 is 19.7 Å². The number of ether oxygens (including phenoxy) is 2. The fourth-order valence-electron chi connectivity index (χ4n) is 12.0. The fourth-order valence-corrected chi connectivity index (χ4v) is 12.0. The van der Waals surface area contributed by atoms with E-state index in [0.717, 1.165) is 36.0 Å². The second kappa shape index (κ2) is 19.5. The van der Waals surface area contributed by atoms with Gasteiger partial charge in [0.2, 0.25) is 0 Å². The van der Waals surface area contributed by atoms with Crippen molar-refractivity contribution >= 4 is 40.7 Å². The van der Waals surface area contributed by atoms with E-state index in [2.05, 4.69) is 6.92 Å². The molecule has 0 bridgehead atoms. The van der Waals surface area contributed by atoms with E-state index in [9.17, 15) is 54.4 Å². The average Bonchev–Trinajstić information content (AvgIpc) is 3.40. The molecule has 2 N–H and O–H groups in total. The second-order valence-electron chi connectivity index (χ2n) is 19.6. The van der Waals surface area contributed by atoms with Gasteiger partial charge in [-0.05, 0) is 127 Å². The summed E-state index contributed by atoms with van der Waals surface area (Å²) in [6.45, 7) is 4.07. The maximum absolute atomic E-state index is 13.4. The highest BCUT2D eigenvalue weighted by Crippen LogP contribution is 2.57. The number of rotatable bonds is 10. The zero-order chi connectivity index (χ0) is 51.9. The van der Waals surface area contributed by atoms with Gasteiger partial charge in [-0.15, -0.1) is 0 Å². The van der Waals surface area contributed by atoms with E-state index in [1.54, 1.807) is 42.5 Å². The number of hydrogen-bond acceptors (Lipinski definition) is 13. The first-order chi connectivity index (χ1) is 34.9. The van der Waals surface area contributed by atoms with Crippen molar-refractivity contribution in [3.63, 3.8) is 0 Å². The molecule has 2 fully saturated rings. The van der Waals surface area contributed by atoms with Gasteiger partial charge in [-0.3, -0.25) is 34.6 Å². The zero-order valence-corrected chi connectivity index (χ0v) is 40.2. The SMILES string of the molecule is CC[C@@]12CC(=O)[C@](O)(c3ccccc3)C[C@H]1CC(=O)c1cc(OC(=O)c3ccc([N+](=O)[O-])cc3)ccc12.CC[C@@]12CC(=O)[C@](O)(c3ccccc3)C[C@H]1CCc1cc(OC(=O)c3ccc([N+](=O)[O-])cc3)ccc12. The molecule has 4 aliphatic rings. The van der Waals surface area contributed by atoms with Crippen LogP contribution in [0.2, 0.25) is 0 Å². The summed E-state index contributed by atoms with van der Waals surface area (Å²) in [5.41, 5.74) is 0.492. The molecule has 0 radical (unpaired) electrons. The molecule has 6 aromatic carbocycles. The Balaban J connectivity index is 0.000000180. The van der Waals surface area contributed by atoms with Gasteiger partial charge in [0.1, 0.15) is 22.7 Å². The number of nitro groups is 2. The van der Waals surface area contributed by atoms with Gasteiger partial charge in [0.05, 0.1) is 21.0 Å². The monoisotopic (exact) mass is 984 g/mol. The summed E-state index contributed by atoms with van der Waals surface area (Å²) in [5.74, 6) is -1.39. The maximum Gasteiger partial charge on any atom is 0.343 e. The number of non-ortho nitro benzene ring substituents is 2. The van der Waals surface area contributed by atoms with Crippen LogP contribution in [0.3, 0.4) is 0 Å². The molecule has 6 aromatic rings. The van der Waals surface area contributed by atoms with E-state index < -0.39 is 38.4 Å². The lowest BCUT2D eigenvalue weighted by atomic mass is 9.52. The van der Waals surface area contributed by atoms with Crippen molar-refractivity contribution < 1.29 is 53.5 Å². The molecule has 0 aromatic heterocycles. The number of esters is 2. The highest BCUT2D eigenvalue weighted by atomic mass is 16.6. The van der Waals surface area contributed by atoms with E-state index in [0.29, 0.717) is 35.3 Å². The highest BCUT2D eigenvalue weighted by molar-refractivity contribution is 6.02. The van der Waals surface area contributed by atoms with Crippen LogP contribution in [-0.2, 0) is 38.0 Å². The fraction of sp³-hybridized carbons (Fsp3) is 0.293. The van der Waals surface area contributed by atoms with Crippen molar-refractivity contribution in [3.05, 3.63) is 210 Å². The molecule has 0 heterocycles. The van der Waals surface area contributed by atoms with E-state index >= 15 is 0 Å². The molecule has 0 spiro atoms. The lowest BCUT2D eigenvalue weighted by Crippen LogP contribution is -2.54. The predicted molar refractivity (Wildman–Crippen MR) is 266 cm³/mol. The van der Waals surface area contributed by atoms with Gasteiger partial charge in [0, 0.05) is 59.9 Å². The smallest absolute Gasteiger partial charge is 0.343 e. The van der Waals surface area contributed by atoms with Crippen LogP contribution in [0.5, 0.6) is 11.5 Å². The van der Waals surface area contributed by atoms with Crippen LogP contribution in [0.15, 0.2) is 146 Å². The Hall–Kier alpha value is -8.01. The van der Waals surface area contributed by atoms with Crippen molar-refractivity contribution in [2.45, 2.75) is 93.7 Å². The molecule has 0 saturated heterocycles. The number of hydrogen-bond donors (Lipinski definition) is 2. The van der Waals surface area contributed by atoms with Crippen LogP contribution < -0.4 is 9.47 Å². The van der Waals surface area contributed by atoms with Gasteiger partial charge in [-0.25, -0.2) is 9.59 Å². The van der Waals surface area contributed by atoms with Gasteiger partial charge >= 0.3 is 11.9 Å². The average molecular weight is 985 g/mol. The number of aryl methyl sites for hydroxylation is 1. The Morgan fingerprint density at radius 1 is 0.589 bits per heavy atom. The minimum atomic E-state index is -1.64. The minimum Gasteiger partial charge on any atom is -0.423 e. The predicted octanol–water partition coefficient (Wildman–Crippen LogP) is 10.2. The van der Waals surface area contributed by atoms with Crippen molar-refractivity contribution in [3.8, 4) is 11.5 Å². The number of fused-ring (bicyclic) bond motifs is 6. The van der Waals surface area contributed by atoms with Crippen LogP contribution in [0.25, 0.3) is 0 Å². The quantitative estimate of drug-likeness (QED) is 0.0564. The van der Waals surface area contributed by atoms with Crippen LogP contribution in [-0.4, -0.2) is 49.3 Å². The maximum atomic E-state index is 13.4. The van der Waals surface area contributed by atoms with Crippen molar-refractivity contribution in [2.24, 2.45) is 11.8 Å². The lowest BCUT2D eigenvalue weighted by molar-refractivity contribution is -0.385. The van der Waals surface area contributed by atoms with Crippen molar-refractivity contribution in [1.29, 1.82) is 0 Å². The van der Waals surface area contributed by atoms with Crippen molar-refractivity contribution in [2.75, 3.05) is 0 Å². The van der Waals surface area contributed by atoms with E-state index in [4.69, 9.17) is 9.47 Å². The summed E-state index contributed by atoms with van der Waals surface area (Å²) in [6.07, 6.45) is 4.03. The Morgan fingerprint density at radius 2 is 1.03 bits per heavy atom. The molecule has 0 amide bonds. The third-order valence-electron chi connectivity index (χ3n) is 16.0. The lowest BCUT2D eigenvalue weighted by Gasteiger charge is -2.52. The van der Waals surface area contributed by atoms with Gasteiger partial charge in [-0.1, -0.05) is 86.6 Å². The van der Waals surface area contributed by atoms with E-state index in [1.165, 1.54) is 54.6 Å². The van der Waals surface area contributed by atoms with Gasteiger partial charge in [-0.2, -0.15) is 0 Å². The molecule has 10 rings (SSSR count). The van der Waals surface area contributed by atoms with E-state index in [-0.39, 0.29) is 88.5 Å². The highest BCUT2D eigenvalue weighted by Gasteiger charge is 2.58. The number of carbonyl (C=O) groups is 5. The first-order valence-electron chi connectivity index (χ1n) is 24.3. The van der Waals surface area contributed by atoms with E-state index in [1.807, 2.05) is 55.5 Å². The van der Waals surface area contributed by atoms with Gasteiger partial charge in [0.25, 0.3) is 11.4 Å². The molecule has 73 heavy (non-hydrogen) atoms.